The summed E-state index contributed by atoms with van der Waals surface area (Å²) in [7, 11) is 0. The van der Waals surface area contributed by atoms with E-state index in [0.717, 1.165) is 32.2 Å². The summed E-state index contributed by atoms with van der Waals surface area (Å²) in [4.78, 5) is 14.3. The molecule has 2 N–H and O–H groups in total. The zero-order chi connectivity index (χ0) is 13.7. The predicted molar refractivity (Wildman–Crippen MR) is 77.8 cm³/mol. The lowest BCUT2D eigenvalue weighted by atomic mass is 9.98. The predicted octanol–water partition coefficient (Wildman–Crippen LogP) is 2.35. The Balaban J connectivity index is 1.82. The minimum atomic E-state index is -0.107. The largest absolute Gasteiger partial charge is 0.336 e. The average molecular weight is 260 g/mol. The highest BCUT2D eigenvalue weighted by Gasteiger charge is 2.37. The van der Waals surface area contributed by atoms with Crippen LogP contribution >= 0.6 is 0 Å². The van der Waals surface area contributed by atoms with Crippen LogP contribution in [0.5, 0.6) is 0 Å². The molecule has 2 rings (SSSR count). The smallest absolute Gasteiger partial charge is 0.223 e. The third kappa shape index (κ3) is 3.35. The molecule has 19 heavy (non-hydrogen) atoms. The number of nitrogens with two attached hydrogens (primary N) is 1. The van der Waals surface area contributed by atoms with Crippen LogP contribution in [0.1, 0.15) is 38.2 Å². The molecule has 0 bridgehead atoms. The molecule has 0 aliphatic carbocycles. The first-order valence-electron chi connectivity index (χ1n) is 7.20. The summed E-state index contributed by atoms with van der Waals surface area (Å²) in [5, 5.41) is 0. The van der Waals surface area contributed by atoms with Gasteiger partial charge in [0, 0.05) is 19.5 Å². The quantitative estimate of drug-likeness (QED) is 0.883. The van der Waals surface area contributed by atoms with Gasteiger partial charge in [-0.25, -0.2) is 0 Å². The van der Waals surface area contributed by atoms with Crippen LogP contribution in [-0.4, -0.2) is 29.4 Å². The van der Waals surface area contributed by atoms with Gasteiger partial charge in [-0.15, -0.1) is 0 Å². The van der Waals surface area contributed by atoms with E-state index in [9.17, 15) is 4.79 Å². The Hall–Kier alpha value is -1.35. The molecule has 0 aromatic heterocycles. The fourth-order valence-electron chi connectivity index (χ4n) is 2.88. The molecular weight excluding hydrogens is 236 g/mol. The molecule has 0 saturated carbocycles. The van der Waals surface area contributed by atoms with Gasteiger partial charge in [0.2, 0.25) is 5.91 Å². The molecule has 104 valence electrons. The lowest BCUT2D eigenvalue weighted by molar-refractivity contribution is -0.134. The fourth-order valence-corrected chi connectivity index (χ4v) is 2.88. The van der Waals surface area contributed by atoms with Crippen LogP contribution in [0.25, 0.3) is 0 Å². The molecule has 3 nitrogen and oxygen atoms in total. The molecule has 1 unspecified atom stereocenters. The molecule has 3 heteroatoms. The summed E-state index contributed by atoms with van der Waals surface area (Å²) in [6.45, 7) is 3.55. The van der Waals surface area contributed by atoms with E-state index in [0.29, 0.717) is 13.0 Å². The average Bonchev–Trinajstić information content (AvgIpc) is 2.83. The highest BCUT2D eigenvalue weighted by atomic mass is 16.2. The second-order valence-electron chi connectivity index (χ2n) is 5.69. The maximum Gasteiger partial charge on any atom is 0.223 e. The summed E-state index contributed by atoms with van der Waals surface area (Å²) < 4.78 is 0. The van der Waals surface area contributed by atoms with Crippen LogP contribution in [-0.2, 0) is 11.2 Å². The summed E-state index contributed by atoms with van der Waals surface area (Å²) in [6.07, 6.45) is 4.64. The first kappa shape index (κ1) is 14.1. The van der Waals surface area contributed by atoms with Gasteiger partial charge in [0.25, 0.3) is 0 Å². The molecule has 1 aliphatic rings. The molecule has 0 spiro atoms. The maximum atomic E-state index is 12.3. The number of carbonyl (C=O) groups excluding carboxylic acids is 1. The lowest BCUT2D eigenvalue weighted by Crippen LogP contribution is -2.49. The second-order valence-corrected chi connectivity index (χ2v) is 5.69. The van der Waals surface area contributed by atoms with Gasteiger partial charge in [-0.05, 0) is 38.2 Å². The first-order valence-corrected chi connectivity index (χ1v) is 7.20. The van der Waals surface area contributed by atoms with Crippen LogP contribution < -0.4 is 5.73 Å². The molecule has 0 radical (unpaired) electrons. The van der Waals surface area contributed by atoms with E-state index in [1.165, 1.54) is 5.56 Å². The van der Waals surface area contributed by atoms with E-state index in [-0.39, 0.29) is 11.4 Å². The van der Waals surface area contributed by atoms with Gasteiger partial charge in [0.15, 0.2) is 0 Å². The molecule has 1 aliphatic heterocycles. The van der Waals surface area contributed by atoms with Gasteiger partial charge in [0.05, 0.1) is 5.54 Å². The van der Waals surface area contributed by atoms with Crippen molar-refractivity contribution in [3.05, 3.63) is 35.9 Å². The van der Waals surface area contributed by atoms with Crippen LogP contribution in [0.15, 0.2) is 30.3 Å². The van der Waals surface area contributed by atoms with Crippen molar-refractivity contribution in [1.29, 1.82) is 0 Å². The third-order valence-corrected chi connectivity index (χ3v) is 4.19. The molecule has 1 amide bonds. The van der Waals surface area contributed by atoms with E-state index in [1.807, 2.05) is 23.1 Å². The monoisotopic (exact) mass is 260 g/mol. The number of amides is 1. The molecule has 1 fully saturated rings. The molecule has 1 aromatic rings. The van der Waals surface area contributed by atoms with Crippen molar-refractivity contribution in [3.8, 4) is 0 Å². The minimum absolute atomic E-state index is 0.107. The van der Waals surface area contributed by atoms with Crippen molar-refractivity contribution >= 4 is 5.91 Å². The van der Waals surface area contributed by atoms with Gasteiger partial charge in [-0.3, -0.25) is 4.79 Å². The summed E-state index contributed by atoms with van der Waals surface area (Å²) >= 11 is 0. The van der Waals surface area contributed by atoms with Crippen LogP contribution in [0.2, 0.25) is 0 Å². The van der Waals surface area contributed by atoms with Crippen molar-refractivity contribution in [3.63, 3.8) is 0 Å². The Labute approximate surface area is 115 Å². The number of hydrogen-bond donors (Lipinski definition) is 1. The van der Waals surface area contributed by atoms with Crippen molar-refractivity contribution in [2.75, 3.05) is 13.1 Å². The molecule has 1 atom stereocenters. The van der Waals surface area contributed by atoms with Crippen LogP contribution in [0.4, 0.5) is 0 Å². The van der Waals surface area contributed by atoms with E-state index in [2.05, 4.69) is 19.1 Å². The summed E-state index contributed by atoms with van der Waals surface area (Å²) in [6, 6.07) is 10.3. The molecular formula is C16H24N2O. The minimum Gasteiger partial charge on any atom is -0.336 e. The second kappa shape index (κ2) is 6.20. The standard InChI is InChI=1S/C16H24N2O/c1-16(13-17)11-6-12-18(16)15(19)10-5-9-14-7-3-2-4-8-14/h2-4,7-8H,5-6,9-13,17H2,1H3. The van der Waals surface area contributed by atoms with Crippen molar-refractivity contribution in [2.24, 2.45) is 5.73 Å². The third-order valence-electron chi connectivity index (χ3n) is 4.19. The van der Waals surface area contributed by atoms with E-state index in [1.54, 1.807) is 0 Å². The van der Waals surface area contributed by atoms with Gasteiger partial charge in [-0.1, -0.05) is 30.3 Å². The van der Waals surface area contributed by atoms with E-state index < -0.39 is 0 Å². The Morgan fingerprint density at radius 1 is 1.37 bits per heavy atom. The zero-order valence-electron chi connectivity index (χ0n) is 11.8. The zero-order valence-corrected chi connectivity index (χ0v) is 11.8. The number of benzene rings is 1. The van der Waals surface area contributed by atoms with Gasteiger partial charge in [-0.2, -0.15) is 0 Å². The number of nitrogens with zero attached hydrogens (tertiary/aromatic N) is 1. The highest BCUT2D eigenvalue weighted by Crippen LogP contribution is 2.28. The Bertz CT molecular complexity index is 418. The highest BCUT2D eigenvalue weighted by molar-refractivity contribution is 5.77. The van der Waals surface area contributed by atoms with Gasteiger partial charge in [0.1, 0.15) is 0 Å². The molecule has 1 heterocycles. The number of likely N-dealkylation sites (tertiary alicyclic amines) is 1. The fraction of sp³-hybridized carbons (Fsp3) is 0.562. The van der Waals surface area contributed by atoms with Crippen molar-refractivity contribution in [1.82, 2.24) is 4.90 Å². The number of hydrogen-bond acceptors (Lipinski definition) is 2. The van der Waals surface area contributed by atoms with Crippen molar-refractivity contribution < 1.29 is 4.79 Å². The van der Waals surface area contributed by atoms with E-state index in [4.69, 9.17) is 5.73 Å². The maximum absolute atomic E-state index is 12.3. The summed E-state index contributed by atoms with van der Waals surface area (Å²) in [5.74, 6) is 0.265. The van der Waals surface area contributed by atoms with Crippen LogP contribution in [0, 0.1) is 0 Å². The van der Waals surface area contributed by atoms with Crippen molar-refractivity contribution in [2.45, 2.75) is 44.6 Å². The number of aryl methyl sites for hydroxylation is 1. The Morgan fingerprint density at radius 2 is 2.11 bits per heavy atom. The molecule has 1 aromatic carbocycles. The molecule has 1 saturated heterocycles. The number of rotatable bonds is 5. The summed E-state index contributed by atoms with van der Waals surface area (Å²) in [5.41, 5.74) is 7.02. The Kier molecular flexibility index (Phi) is 4.59. The van der Waals surface area contributed by atoms with Crippen LogP contribution in [0.3, 0.4) is 0 Å². The normalized spacial score (nSPS) is 22.7. The SMILES string of the molecule is CC1(CN)CCCN1C(=O)CCCc1ccccc1. The lowest BCUT2D eigenvalue weighted by Gasteiger charge is -2.34. The van der Waals surface area contributed by atoms with E-state index >= 15 is 0 Å². The van der Waals surface area contributed by atoms with Gasteiger partial charge < -0.3 is 10.6 Å². The topological polar surface area (TPSA) is 46.3 Å². The Morgan fingerprint density at radius 3 is 2.79 bits per heavy atom. The number of carbonyl (C=O) groups is 1. The van der Waals surface area contributed by atoms with Gasteiger partial charge >= 0.3 is 0 Å². The first-order chi connectivity index (χ1) is 9.15.